The Labute approximate surface area is 66.4 Å². The highest BCUT2D eigenvalue weighted by molar-refractivity contribution is 5.52. The zero-order chi connectivity index (χ0) is 8.27. The Kier molecular flexibility index (Phi) is 2.42. The van der Waals surface area contributed by atoms with Crippen LogP contribution in [0.1, 0.15) is 18.1 Å². The van der Waals surface area contributed by atoms with Crippen LogP contribution >= 0.6 is 0 Å². The lowest BCUT2D eigenvalue weighted by atomic mass is 10.1. The van der Waals surface area contributed by atoms with Gasteiger partial charge in [-0.2, -0.15) is 0 Å². The maximum Gasteiger partial charge on any atom is 0.123 e. The van der Waals surface area contributed by atoms with Crippen LogP contribution in [0.4, 0.5) is 4.39 Å². The molecule has 1 aromatic rings. The third-order valence-corrected chi connectivity index (χ3v) is 1.58. The molecule has 0 radical (unpaired) electrons. The van der Waals surface area contributed by atoms with Crippen LogP contribution in [-0.2, 0) is 0 Å². The summed E-state index contributed by atoms with van der Waals surface area (Å²) in [7, 11) is 0. The molecule has 0 atom stereocenters. The average Bonchev–Trinajstić information content (AvgIpc) is 1.95. The predicted molar refractivity (Wildman–Crippen MR) is 45.8 cm³/mol. The predicted octanol–water partition coefficient (Wildman–Crippen LogP) is 3.17. The molecule has 0 aromatic heterocycles. The molecule has 0 nitrogen and oxygen atoms in total. The van der Waals surface area contributed by atoms with E-state index in [9.17, 15) is 4.39 Å². The van der Waals surface area contributed by atoms with E-state index >= 15 is 0 Å². The number of halogens is 1. The molecule has 0 aliphatic carbocycles. The fourth-order valence-corrected chi connectivity index (χ4v) is 1.01. The van der Waals surface area contributed by atoms with Gasteiger partial charge in [-0.3, -0.25) is 0 Å². The van der Waals surface area contributed by atoms with Crippen molar-refractivity contribution in [2.24, 2.45) is 0 Å². The molecule has 11 heavy (non-hydrogen) atoms. The van der Waals surface area contributed by atoms with Crippen LogP contribution in [0, 0.1) is 12.7 Å². The van der Waals surface area contributed by atoms with E-state index in [-0.39, 0.29) is 5.82 Å². The fraction of sp³-hybridized carbons (Fsp3) is 0.200. The molecule has 0 bridgehead atoms. The van der Waals surface area contributed by atoms with Crippen LogP contribution in [-0.4, -0.2) is 0 Å². The lowest BCUT2D eigenvalue weighted by Gasteiger charge is -1.98. The normalized spacial score (nSPS) is 10.8. The van der Waals surface area contributed by atoms with Gasteiger partial charge in [0.1, 0.15) is 5.82 Å². The van der Waals surface area contributed by atoms with Gasteiger partial charge in [-0.05, 0) is 37.1 Å². The summed E-state index contributed by atoms with van der Waals surface area (Å²) in [5, 5.41) is 0. The zero-order valence-corrected chi connectivity index (χ0v) is 6.76. The summed E-state index contributed by atoms with van der Waals surface area (Å²) >= 11 is 0. The molecule has 0 fully saturated rings. The first kappa shape index (κ1) is 7.99. The van der Waals surface area contributed by atoms with Gasteiger partial charge in [-0.25, -0.2) is 4.39 Å². The quantitative estimate of drug-likeness (QED) is 0.576. The van der Waals surface area contributed by atoms with Crippen LogP contribution in [0.3, 0.4) is 0 Å². The topological polar surface area (TPSA) is 0 Å². The first-order valence-electron chi connectivity index (χ1n) is 3.63. The van der Waals surface area contributed by atoms with E-state index in [4.69, 9.17) is 0 Å². The lowest BCUT2D eigenvalue weighted by Crippen LogP contribution is -1.81. The van der Waals surface area contributed by atoms with Gasteiger partial charge < -0.3 is 0 Å². The molecule has 1 rings (SSSR count). The van der Waals surface area contributed by atoms with E-state index in [2.05, 4.69) is 0 Å². The van der Waals surface area contributed by atoms with E-state index in [1.165, 1.54) is 12.1 Å². The van der Waals surface area contributed by atoms with Crippen LogP contribution in [0.25, 0.3) is 6.08 Å². The molecule has 0 unspecified atom stereocenters. The Hall–Kier alpha value is -1.11. The third kappa shape index (κ3) is 1.90. The van der Waals surface area contributed by atoms with Gasteiger partial charge in [0.05, 0.1) is 0 Å². The molecule has 0 aliphatic heterocycles. The second-order valence-electron chi connectivity index (χ2n) is 2.50. The van der Waals surface area contributed by atoms with Crippen molar-refractivity contribution in [2.45, 2.75) is 13.8 Å². The highest BCUT2D eigenvalue weighted by Gasteiger charge is 1.94. The molecule has 0 aliphatic rings. The van der Waals surface area contributed by atoms with E-state index in [1.54, 1.807) is 6.07 Å². The van der Waals surface area contributed by atoms with Crippen LogP contribution in [0.2, 0.25) is 0 Å². The smallest absolute Gasteiger partial charge is 0.123 e. The third-order valence-electron chi connectivity index (χ3n) is 1.58. The van der Waals surface area contributed by atoms with Gasteiger partial charge in [0.25, 0.3) is 0 Å². The summed E-state index contributed by atoms with van der Waals surface area (Å²) in [4.78, 5) is 0. The molecule has 0 saturated carbocycles. The summed E-state index contributed by atoms with van der Waals surface area (Å²) in [6, 6.07) is 4.79. The first-order valence-corrected chi connectivity index (χ1v) is 3.63. The van der Waals surface area contributed by atoms with E-state index < -0.39 is 0 Å². The second-order valence-corrected chi connectivity index (χ2v) is 2.50. The average molecular weight is 150 g/mol. The largest absolute Gasteiger partial charge is 0.207 e. The van der Waals surface area contributed by atoms with Crippen LogP contribution in [0.5, 0.6) is 0 Å². The van der Waals surface area contributed by atoms with Crippen molar-refractivity contribution in [3.63, 3.8) is 0 Å². The summed E-state index contributed by atoms with van der Waals surface area (Å²) in [5.41, 5.74) is 2.05. The zero-order valence-electron chi connectivity index (χ0n) is 6.76. The Bertz CT molecular complexity index is 274. The first-order chi connectivity index (χ1) is 5.24. The van der Waals surface area contributed by atoms with Crippen molar-refractivity contribution in [2.75, 3.05) is 0 Å². The molecule has 0 saturated heterocycles. The molecule has 58 valence electrons. The highest BCUT2D eigenvalue weighted by atomic mass is 19.1. The summed E-state index contributed by atoms with van der Waals surface area (Å²) in [5.74, 6) is -0.171. The fourth-order valence-electron chi connectivity index (χ4n) is 1.01. The van der Waals surface area contributed by atoms with Gasteiger partial charge in [-0.1, -0.05) is 18.2 Å². The molecule has 0 spiro atoms. The number of benzene rings is 1. The summed E-state index contributed by atoms with van der Waals surface area (Å²) < 4.78 is 12.6. The van der Waals surface area contributed by atoms with Gasteiger partial charge >= 0.3 is 0 Å². The van der Waals surface area contributed by atoms with Crippen molar-refractivity contribution in [3.8, 4) is 0 Å². The molecule has 1 heteroatoms. The Morgan fingerprint density at radius 2 is 2.09 bits per heavy atom. The lowest BCUT2D eigenvalue weighted by molar-refractivity contribution is 0.626. The maximum atomic E-state index is 12.6. The van der Waals surface area contributed by atoms with Gasteiger partial charge in [-0.15, -0.1) is 0 Å². The van der Waals surface area contributed by atoms with E-state index in [0.717, 1.165) is 11.1 Å². The van der Waals surface area contributed by atoms with Crippen molar-refractivity contribution in [3.05, 3.63) is 41.2 Å². The highest BCUT2D eigenvalue weighted by Crippen LogP contribution is 2.11. The van der Waals surface area contributed by atoms with Gasteiger partial charge in [0, 0.05) is 0 Å². The number of allylic oxidation sites excluding steroid dienone is 1. The number of hydrogen-bond acceptors (Lipinski definition) is 0. The van der Waals surface area contributed by atoms with Crippen molar-refractivity contribution >= 4 is 6.08 Å². The Balaban J connectivity index is 3.09. The molecule has 0 amide bonds. The van der Waals surface area contributed by atoms with Crippen LogP contribution in [0.15, 0.2) is 24.3 Å². The summed E-state index contributed by atoms with van der Waals surface area (Å²) in [6.45, 7) is 3.85. The van der Waals surface area contributed by atoms with E-state index in [1.807, 2.05) is 26.0 Å². The molecule has 0 N–H and O–H groups in total. The molecular formula is C10H11F. The van der Waals surface area contributed by atoms with Crippen LogP contribution < -0.4 is 0 Å². The second kappa shape index (κ2) is 3.33. The number of rotatable bonds is 1. The molecule has 1 aromatic carbocycles. The minimum Gasteiger partial charge on any atom is -0.207 e. The number of hydrogen-bond donors (Lipinski definition) is 0. The number of aryl methyl sites for hydroxylation is 1. The van der Waals surface area contributed by atoms with Crippen molar-refractivity contribution in [1.29, 1.82) is 0 Å². The Morgan fingerprint density at radius 1 is 1.36 bits per heavy atom. The monoisotopic (exact) mass is 150 g/mol. The Morgan fingerprint density at radius 3 is 2.64 bits per heavy atom. The van der Waals surface area contributed by atoms with Gasteiger partial charge in [0.15, 0.2) is 0 Å². The van der Waals surface area contributed by atoms with Gasteiger partial charge in [0.2, 0.25) is 0 Å². The minimum absolute atomic E-state index is 0.171. The van der Waals surface area contributed by atoms with Crippen molar-refractivity contribution < 1.29 is 4.39 Å². The molecular weight excluding hydrogens is 139 g/mol. The summed E-state index contributed by atoms with van der Waals surface area (Å²) in [6.07, 6.45) is 3.91. The molecule has 0 heterocycles. The van der Waals surface area contributed by atoms with Crippen molar-refractivity contribution in [1.82, 2.24) is 0 Å². The maximum absolute atomic E-state index is 12.6. The SMILES string of the molecule is C/C=C\c1ccc(F)cc1C. The standard InChI is InChI=1S/C10H11F/c1-3-4-9-5-6-10(11)7-8(9)2/h3-7H,1-2H3/b4-3-. The minimum atomic E-state index is -0.171. The van der Waals surface area contributed by atoms with E-state index in [0.29, 0.717) is 0 Å².